The molecule has 4 unspecified atom stereocenters. The second-order valence-electron chi connectivity index (χ2n) is 8.96. The number of rotatable bonds is 5. The Balaban J connectivity index is 1.48. The average Bonchev–Trinajstić information content (AvgIpc) is 3.24. The molecular weight excluding hydrogens is 356 g/mol. The number of fused-ring (bicyclic) bond motifs is 1. The van der Waals surface area contributed by atoms with E-state index < -0.39 is 0 Å². The van der Waals surface area contributed by atoms with Crippen molar-refractivity contribution in [2.24, 2.45) is 5.92 Å². The first-order valence-electron chi connectivity index (χ1n) is 10.5. The fraction of sp³-hybridized carbons (Fsp3) is 0.800. The quantitative estimate of drug-likeness (QED) is 0.677. The lowest BCUT2D eigenvalue weighted by Crippen LogP contribution is -2.38. The molecular formula is C20H34N6O2. The van der Waals surface area contributed by atoms with Crippen LogP contribution in [0.15, 0.2) is 12.4 Å². The van der Waals surface area contributed by atoms with Crippen molar-refractivity contribution in [2.45, 2.75) is 69.5 Å². The highest BCUT2D eigenvalue weighted by molar-refractivity contribution is 5.42. The van der Waals surface area contributed by atoms with Crippen molar-refractivity contribution in [1.82, 2.24) is 25.7 Å². The van der Waals surface area contributed by atoms with Crippen LogP contribution in [-0.2, 0) is 4.74 Å². The molecule has 4 rings (SSSR count). The Hall–Kier alpha value is -1.32. The van der Waals surface area contributed by atoms with Gasteiger partial charge >= 0.3 is 0 Å². The van der Waals surface area contributed by atoms with E-state index in [2.05, 4.69) is 50.5 Å². The summed E-state index contributed by atoms with van der Waals surface area (Å²) in [6.45, 7) is 5.59. The molecule has 28 heavy (non-hydrogen) atoms. The minimum absolute atomic E-state index is 0.126. The van der Waals surface area contributed by atoms with E-state index in [-0.39, 0.29) is 24.3 Å². The Morgan fingerprint density at radius 3 is 2.75 bits per heavy atom. The number of aliphatic hydroxyl groups is 1. The maximum Gasteiger partial charge on any atom is 0.132 e. The molecule has 0 spiro atoms. The summed E-state index contributed by atoms with van der Waals surface area (Å²) in [5, 5.41) is 10.4. The fourth-order valence-electron chi connectivity index (χ4n) is 4.99. The van der Waals surface area contributed by atoms with E-state index in [0.717, 1.165) is 37.3 Å². The highest BCUT2D eigenvalue weighted by atomic mass is 16.5. The predicted octanol–water partition coefficient (Wildman–Crippen LogP) is 0.699. The summed E-state index contributed by atoms with van der Waals surface area (Å²) in [6, 6.07) is 2.82. The Kier molecular flexibility index (Phi) is 5.85. The van der Waals surface area contributed by atoms with Gasteiger partial charge in [-0.25, -0.2) is 15.4 Å². The van der Waals surface area contributed by atoms with Crippen molar-refractivity contribution in [2.75, 3.05) is 32.1 Å². The monoisotopic (exact) mass is 390 g/mol. The summed E-state index contributed by atoms with van der Waals surface area (Å²) < 4.78 is 6.11. The van der Waals surface area contributed by atoms with Crippen molar-refractivity contribution >= 4 is 5.82 Å². The van der Waals surface area contributed by atoms with Crippen molar-refractivity contribution < 1.29 is 9.84 Å². The molecule has 156 valence electrons. The summed E-state index contributed by atoms with van der Waals surface area (Å²) in [4.78, 5) is 13.3. The Morgan fingerprint density at radius 2 is 2.04 bits per heavy atom. The number of hydrogen-bond acceptors (Lipinski definition) is 8. The summed E-state index contributed by atoms with van der Waals surface area (Å²) in [5.41, 5.74) is 7.96. The molecule has 0 bridgehead atoms. The van der Waals surface area contributed by atoms with E-state index in [1.165, 1.54) is 0 Å². The number of hydrazine groups is 1. The topological polar surface area (TPSA) is 85.8 Å². The third kappa shape index (κ3) is 4.02. The van der Waals surface area contributed by atoms with Crippen molar-refractivity contribution in [3.63, 3.8) is 0 Å². The summed E-state index contributed by atoms with van der Waals surface area (Å²) >= 11 is 0. The van der Waals surface area contributed by atoms with Gasteiger partial charge in [0.2, 0.25) is 0 Å². The Morgan fingerprint density at radius 1 is 1.21 bits per heavy atom. The smallest absolute Gasteiger partial charge is 0.132 e. The molecule has 1 aliphatic carbocycles. The number of ether oxygens (including phenoxy) is 1. The van der Waals surface area contributed by atoms with Gasteiger partial charge < -0.3 is 19.6 Å². The van der Waals surface area contributed by atoms with Gasteiger partial charge in [-0.1, -0.05) is 0 Å². The molecule has 1 aromatic heterocycles. The van der Waals surface area contributed by atoms with E-state index in [1.807, 2.05) is 14.1 Å². The minimum Gasteiger partial charge on any atom is -0.390 e. The van der Waals surface area contributed by atoms with E-state index in [1.54, 1.807) is 6.33 Å². The number of nitrogens with one attached hydrogen (secondary N) is 2. The van der Waals surface area contributed by atoms with Crippen LogP contribution in [0, 0.1) is 5.92 Å². The average molecular weight is 391 g/mol. The van der Waals surface area contributed by atoms with Gasteiger partial charge in [-0.2, -0.15) is 0 Å². The molecule has 0 radical (unpaired) electrons. The number of aliphatic hydroxyl groups excluding tert-OH is 1. The molecule has 0 aromatic carbocycles. The zero-order chi connectivity index (χ0) is 19.8. The zero-order valence-electron chi connectivity index (χ0n) is 17.4. The predicted molar refractivity (Wildman–Crippen MR) is 108 cm³/mol. The van der Waals surface area contributed by atoms with Gasteiger partial charge in [0, 0.05) is 31.1 Å². The lowest BCUT2D eigenvalue weighted by molar-refractivity contribution is -0.0276. The highest BCUT2D eigenvalue weighted by Crippen LogP contribution is 2.39. The molecule has 8 heteroatoms. The number of nitrogens with zero attached hydrogens (tertiary/aromatic N) is 4. The van der Waals surface area contributed by atoms with Crippen LogP contribution in [0.2, 0.25) is 0 Å². The molecule has 6 atom stereocenters. The van der Waals surface area contributed by atoms with Crippen LogP contribution >= 0.6 is 0 Å². The van der Waals surface area contributed by atoms with E-state index in [4.69, 9.17) is 4.74 Å². The third-order valence-corrected chi connectivity index (χ3v) is 6.41. The first-order valence-corrected chi connectivity index (χ1v) is 10.5. The molecule has 8 nitrogen and oxygen atoms in total. The van der Waals surface area contributed by atoms with Crippen molar-refractivity contribution in [1.29, 1.82) is 0 Å². The van der Waals surface area contributed by atoms with Gasteiger partial charge in [-0.3, -0.25) is 5.43 Å². The van der Waals surface area contributed by atoms with Crippen LogP contribution in [0.1, 0.15) is 44.8 Å². The van der Waals surface area contributed by atoms with Crippen molar-refractivity contribution in [3.05, 3.63) is 18.1 Å². The summed E-state index contributed by atoms with van der Waals surface area (Å²) in [5.74, 6) is 1.35. The largest absolute Gasteiger partial charge is 0.390 e. The lowest BCUT2D eigenvalue weighted by Gasteiger charge is -2.34. The zero-order valence-corrected chi connectivity index (χ0v) is 17.4. The molecule has 3 N–H and O–H groups in total. The normalized spacial score (nSPS) is 35.8. The van der Waals surface area contributed by atoms with Crippen LogP contribution < -0.4 is 15.8 Å². The lowest BCUT2D eigenvalue weighted by atomic mass is 9.79. The second-order valence-corrected chi connectivity index (χ2v) is 8.96. The summed E-state index contributed by atoms with van der Waals surface area (Å²) in [7, 11) is 4.02. The van der Waals surface area contributed by atoms with Crippen LogP contribution in [-0.4, -0.2) is 77.6 Å². The first-order chi connectivity index (χ1) is 13.4. The molecule has 2 aliphatic heterocycles. The van der Waals surface area contributed by atoms with Crippen LogP contribution in [0.5, 0.6) is 0 Å². The fourth-order valence-corrected chi connectivity index (χ4v) is 4.99. The maximum atomic E-state index is 10.4. The van der Waals surface area contributed by atoms with Gasteiger partial charge in [0.15, 0.2) is 0 Å². The van der Waals surface area contributed by atoms with Crippen molar-refractivity contribution in [3.8, 4) is 0 Å². The SMILES string of the molecule is CC(C)OC1CCC2NNC(c3cc(N4C[C@H](O)[C@@H](N(C)C)C4)ncn3)C2C1. The highest BCUT2D eigenvalue weighted by Gasteiger charge is 2.42. The number of hydrogen-bond donors (Lipinski definition) is 3. The Labute approximate surface area is 167 Å². The standard InChI is InChI=1S/C20H34N6O2/c1-12(2)28-13-5-6-15-14(7-13)20(24-23-15)16-8-19(22-11-21-16)26-9-17(25(3)4)18(27)10-26/h8,11-15,17-18,20,23-24,27H,5-7,9-10H2,1-4H3/t13?,14?,15?,17-,18-,20?/m0/s1. The number of aromatic nitrogens is 2. The molecule has 1 saturated carbocycles. The summed E-state index contributed by atoms with van der Waals surface area (Å²) in [6.07, 6.45) is 5.13. The van der Waals surface area contributed by atoms with Crippen LogP contribution in [0.3, 0.4) is 0 Å². The molecule has 1 aromatic rings. The molecule has 3 fully saturated rings. The Bertz CT molecular complexity index is 672. The van der Waals surface area contributed by atoms with E-state index in [0.29, 0.717) is 24.6 Å². The van der Waals surface area contributed by atoms with Gasteiger partial charge in [0.1, 0.15) is 12.1 Å². The van der Waals surface area contributed by atoms with E-state index in [9.17, 15) is 5.11 Å². The first kappa shape index (κ1) is 20.0. The number of anilines is 1. The second kappa shape index (κ2) is 8.20. The number of likely N-dealkylation sites (N-methyl/N-ethyl adjacent to an activating group) is 1. The van der Waals surface area contributed by atoms with Gasteiger partial charge in [0.05, 0.1) is 36.1 Å². The van der Waals surface area contributed by atoms with Gasteiger partial charge in [-0.15, -0.1) is 0 Å². The molecule has 0 amide bonds. The molecule has 3 aliphatic rings. The minimum atomic E-state index is -0.364. The number of β-amino-alcohol motifs (C(OH)–C–C–N with tert-alkyl or cyclic N) is 1. The maximum absolute atomic E-state index is 10.4. The van der Waals surface area contributed by atoms with E-state index >= 15 is 0 Å². The third-order valence-electron chi connectivity index (χ3n) is 6.41. The van der Waals surface area contributed by atoms with Crippen LogP contribution in [0.4, 0.5) is 5.82 Å². The molecule has 2 saturated heterocycles. The van der Waals surface area contributed by atoms with Crippen LogP contribution in [0.25, 0.3) is 0 Å². The van der Waals surface area contributed by atoms with Gasteiger partial charge in [-0.05, 0) is 47.2 Å². The van der Waals surface area contributed by atoms with Gasteiger partial charge in [0.25, 0.3) is 0 Å². The molecule has 3 heterocycles.